The fourth-order valence-corrected chi connectivity index (χ4v) is 7.67. The highest BCUT2D eigenvalue weighted by Gasteiger charge is 2.70. The Balaban J connectivity index is 1.56. The molecule has 2 aromatic carbocycles. The topological polar surface area (TPSA) is 122 Å². The van der Waals surface area contributed by atoms with Gasteiger partial charge in [0.1, 0.15) is 23.0 Å². The highest BCUT2D eigenvalue weighted by atomic mass is 32.1. The number of esters is 1. The van der Waals surface area contributed by atoms with Gasteiger partial charge in [0.25, 0.3) is 0 Å². The number of nitrogens with zero attached hydrogens (tertiary/aromatic N) is 2. The van der Waals surface area contributed by atoms with E-state index >= 15 is 0 Å². The Morgan fingerprint density at radius 2 is 1.79 bits per heavy atom. The molecule has 1 spiro atoms. The van der Waals surface area contributed by atoms with Gasteiger partial charge < -0.3 is 14.0 Å². The summed E-state index contributed by atoms with van der Waals surface area (Å²) in [7, 11) is 0. The van der Waals surface area contributed by atoms with Crippen LogP contribution in [0.15, 0.2) is 70.6 Å². The van der Waals surface area contributed by atoms with E-state index in [4.69, 9.17) is 14.0 Å². The van der Waals surface area contributed by atoms with Crippen molar-refractivity contribution in [3.63, 3.8) is 0 Å². The van der Waals surface area contributed by atoms with Crippen molar-refractivity contribution in [2.24, 2.45) is 5.92 Å². The molecule has 0 saturated heterocycles. The highest BCUT2D eigenvalue weighted by molar-refractivity contribution is 7.10. The first-order valence-electron chi connectivity index (χ1n) is 12.2. The molecule has 1 unspecified atom stereocenters. The lowest BCUT2D eigenvalue weighted by atomic mass is 9.50. The first-order chi connectivity index (χ1) is 18.4. The molecule has 5 atom stereocenters. The smallest absolute Gasteiger partial charge is 0.334 e. The molecule has 190 valence electrons. The Kier molecular flexibility index (Phi) is 4.87. The highest BCUT2D eigenvalue weighted by Crippen LogP contribution is 2.65. The van der Waals surface area contributed by atoms with Gasteiger partial charge in [0.15, 0.2) is 11.5 Å². The summed E-state index contributed by atoms with van der Waals surface area (Å²) in [6.07, 6.45) is -0.553. The Labute approximate surface area is 220 Å². The molecule has 0 radical (unpaired) electrons. The fourth-order valence-electron chi connectivity index (χ4n) is 6.70. The van der Waals surface area contributed by atoms with Gasteiger partial charge in [-0.15, -0.1) is 11.3 Å². The summed E-state index contributed by atoms with van der Waals surface area (Å²) in [5.41, 5.74) is -0.624. The summed E-state index contributed by atoms with van der Waals surface area (Å²) >= 11 is 1.42. The molecule has 4 aromatic rings. The fraction of sp³-hybridized carbons (Fsp3) is 0.250. The van der Waals surface area contributed by atoms with Crippen LogP contribution >= 0.6 is 11.3 Å². The molecule has 4 heterocycles. The average molecular weight is 529 g/mol. The van der Waals surface area contributed by atoms with E-state index in [2.05, 4.69) is 5.16 Å². The molecule has 0 N–H and O–H groups in total. The molecule has 3 aliphatic rings. The number of hydrogen-bond donors (Lipinski definition) is 0. The third kappa shape index (κ3) is 2.89. The van der Waals surface area contributed by atoms with E-state index in [0.717, 1.165) is 4.88 Å². The van der Waals surface area contributed by atoms with E-state index in [0.29, 0.717) is 22.6 Å². The van der Waals surface area contributed by atoms with Crippen molar-refractivity contribution in [1.29, 1.82) is 0 Å². The Morgan fingerprint density at radius 1 is 1.03 bits per heavy atom. The van der Waals surface area contributed by atoms with Crippen LogP contribution in [-0.2, 0) is 10.2 Å². The number of benzene rings is 2. The van der Waals surface area contributed by atoms with E-state index in [1.807, 2.05) is 17.5 Å². The van der Waals surface area contributed by atoms with Gasteiger partial charge in [-0.05, 0) is 43.0 Å². The summed E-state index contributed by atoms with van der Waals surface area (Å²) in [6, 6.07) is 17.8. The summed E-state index contributed by atoms with van der Waals surface area (Å²) < 4.78 is 17.9. The number of carbonyl (C=O) groups excluding carboxylic acids is 2. The number of ether oxygens (including phenoxy) is 2. The number of rotatable bonds is 3. The van der Waals surface area contributed by atoms with Crippen LogP contribution < -0.4 is 9.47 Å². The molecule has 2 aromatic heterocycles. The minimum absolute atomic E-state index is 0.0656. The minimum atomic E-state index is -1.51. The molecule has 1 aliphatic carbocycles. The Hall–Kier alpha value is -4.31. The van der Waals surface area contributed by atoms with Crippen LogP contribution in [0, 0.1) is 23.0 Å². The van der Waals surface area contributed by atoms with Crippen molar-refractivity contribution in [1.82, 2.24) is 5.16 Å². The number of para-hydroxylation sites is 2. The molecular formula is C28H20N2O7S. The van der Waals surface area contributed by atoms with Gasteiger partial charge in [-0.25, -0.2) is 0 Å². The molecule has 9 nitrogen and oxygen atoms in total. The molecule has 1 fully saturated rings. The lowest BCUT2D eigenvalue weighted by molar-refractivity contribution is -0.386. The van der Waals surface area contributed by atoms with E-state index in [9.17, 15) is 19.7 Å². The molecular weight excluding hydrogens is 508 g/mol. The third-order valence-corrected chi connectivity index (χ3v) is 9.01. The molecule has 0 bridgehead atoms. The van der Waals surface area contributed by atoms with Crippen LogP contribution in [-0.4, -0.2) is 27.9 Å². The summed E-state index contributed by atoms with van der Waals surface area (Å²) in [6.45, 7) is 1.52. The number of fused-ring (bicyclic) bond motifs is 5. The standard InChI is InChI=1S/C28H20N2O7S/c1-14-24(30(33)34)26(37-29-14)16-13-20-23(25(31)15-7-2-4-9-18(15)35-20)28(22(16)21-11-6-12-38-21)17-8-3-5-10-19(17)36-27(28)32/h2-12,16,20,22-23H,13H2,1H3/t16-,20-,22-,23?,28-/m0/s1. The van der Waals surface area contributed by atoms with E-state index < -0.39 is 40.2 Å². The van der Waals surface area contributed by atoms with Gasteiger partial charge in [-0.2, -0.15) is 0 Å². The number of aromatic nitrogens is 1. The van der Waals surface area contributed by atoms with Gasteiger partial charge in [-0.3, -0.25) is 19.7 Å². The number of hydrogen-bond acceptors (Lipinski definition) is 9. The van der Waals surface area contributed by atoms with Crippen LogP contribution in [0.5, 0.6) is 11.5 Å². The van der Waals surface area contributed by atoms with Crippen molar-refractivity contribution in [3.05, 3.63) is 104 Å². The number of Topliss-reactive ketones (excluding diaryl/α,β-unsaturated/α-hetero) is 1. The second-order valence-corrected chi connectivity index (χ2v) is 10.8. The molecule has 2 aliphatic heterocycles. The number of aryl methyl sites for hydroxylation is 1. The van der Waals surface area contributed by atoms with Crippen LogP contribution in [0.4, 0.5) is 5.69 Å². The number of thiophene rings is 1. The van der Waals surface area contributed by atoms with Crippen LogP contribution in [0.3, 0.4) is 0 Å². The lowest BCUT2D eigenvalue weighted by Gasteiger charge is -2.51. The quantitative estimate of drug-likeness (QED) is 0.151. The summed E-state index contributed by atoms with van der Waals surface area (Å²) in [5, 5.41) is 18.0. The molecule has 10 heteroatoms. The van der Waals surface area contributed by atoms with Crippen molar-refractivity contribution >= 4 is 28.8 Å². The second-order valence-electron chi connectivity index (χ2n) is 9.82. The zero-order valence-corrected chi connectivity index (χ0v) is 20.8. The van der Waals surface area contributed by atoms with Crippen molar-refractivity contribution in [2.75, 3.05) is 0 Å². The van der Waals surface area contributed by atoms with Crippen LogP contribution in [0.25, 0.3) is 0 Å². The van der Waals surface area contributed by atoms with Gasteiger partial charge in [0, 0.05) is 22.3 Å². The van der Waals surface area contributed by atoms with Gasteiger partial charge >= 0.3 is 11.7 Å². The molecule has 1 saturated carbocycles. The van der Waals surface area contributed by atoms with E-state index in [-0.39, 0.29) is 29.3 Å². The molecule has 0 amide bonds. The molecule has 7 rings (SSSR count). The predicted octanol–water partition coefficient (Wildman–Crippen LogP) is 5.34. The molecule has 38 heavy (non-hydrogen) atoms. The van der Waals surface area contributed by atoms with Gasteiger partial charge in [-0.1, -0.05) is 41.6 Å². The first-order valence-corrected chi connectivity index (χ1v) is 13.1. The SMILES string of the molecule is Cc1noc([C@H]2C[C@@H]3Oc4ccccc4C(=O)C3[C@@]3(C(=O)Oc4ccccc43)[C@@H]2c2cccs2)c1[N+](=O)[O-]. The second kappa shape index (κ2) is 8.09. The van der Waals surface area contributed by atoms with Crippen LogP contribution in [0.1, 0.15) is 50.5 Å². The van der Waals surface area contributed by atoms with Gasteiger partial charge in [0.05, 0.1) is 16.4 Å². The zero-order chi connectivity index (χ0) is 26.2. The maximum Gasteiger partial charge on any atom is 0.334 e. The minimum Gasteiger partial charge on any atom is -0.489 e. The number of nitro groups is 1. The van der Waals surface area contributed by atoms with Crippen molar-refractivity contribution < 1.29 is 28.5 Å². The van der Waals surface area contributed by atoms with E-state index in [1.165, 1.54) is 18.3 Å². The number of carbonyl (C=O) groups is 2. The van der Waals surface area contributed by atoms with Crippen LogP contribution in [0.2, 0.25) is 0 Å². The maximum absolute atomic E-state index is 14.3. The summed E-state index contributed by atoms with van der Waals surface area (Å²) in [5.74, 6) is -2.26. The summed E-state index contributed by atoms with van der Waals surface area (Å²) in [4.78, 5) is 40.9. The lowest BCUT2D eigenvalue weighted by Crippen LogP contribution is -2.61. The van der Waals surface area contributed by atoms with E-state index in [1.54, 1.807) is 48.5 Å². The normalized spacial score (nSPS) is 27.3. The predicted molar refractivity (Wildman–Crippen MR) is 135 cm³/mol. The third-order valence-electron chi connectivity index (χ3n) is 8.05. The maximum atomic E-state index is 14.3. The van der Waals surface area contributed by atoms with Gasteiger partial charge in [0.2, 0.25) is 5.76 Å². The Morgan fingerprint density at radius 3 is 2.55 bits per heavy atom. The first kappa shape index (κ1) is 22.9. The van der Waals surface area contributed by atoms with Crippen molar-refractivity contribution in [3.8, 4) is 11.5 Å². The Bertz CT molecular complexity index is 1630. The number of ketones is 1. The zero-order valence-electron chi connectivity index (χ0n) is 20.0. The average Bonchev–Trinajstić information content (AvgIpc) is 3.63. The van der Waals surface area contributed by atoms with Crippen molar-refractivity contribution in [2.45, 2.75) is 36.7 Å². The largest absolute Gasteiger partial charge is 0.489 e. The monoisotopic (exact) mass is 528 g/mol.